The molecule has 4 aliphatic rings. The van der Waals surface area contributed by atoms with Crippen LogP contribution in [0, 0.1) is 34.9 Å². The van der Waals surface area contributed by atoms with E-state index in [0.29, 0.717) is 34.5 Å². The van der Waals surface area contributed by atoms with Crippen LogP contribution in [-0.2, 0) is 43.7 Å². The van der Waals surface area contributed by atoms with Crippen molar-refractivity contribution in [2.24, 2.45) is 0 Å². The Hall–Kier alpha value is -5.44. The van der Waals surface area contributed by atoms with Crippen molar-refractivity contribution in [1.82, 2.24) is 0 Å². The largest absolute Gasteiger partial charge is 0.487 e. The quantitative estimate of drug-likeness (QED) is 0.0770. The number of rotatable bonds is 12. The zero-order valence-corrected chi connectivity index (χ0v) is 46.4. The van der Waals surface area contributed by atoms with Crippen LogP contribution >= 0.6 is 34.8 Å². The predicted octanol–water partition coefficient (Wildman–Crippen LogP) is 10.3. The first-order chi connectivity index (χ1) is 38.1. The Morgan fingerprint density at radius 2 is 1.06 bits per heavy atom. The fraction of sp³-hybridized carbons (Fsp3) is 0.296. The van der Waals surface area contributed by atoms with Crippen molar-refractivity contribution >= 4 is 69.2 Å². The second-order valence-electron chi connectivity index (χ2n) is 17.7. The van der Waals surface area contributed by atoms with Gasteiger partial charge < -0.3 is 39.0 Å². The summed E-state index contributed by atoms with van der Waals surface area (Å²) in [5.41, 5.74) is -1.07. The maximum Gasteiger partial charge on any atom is 0.207 e. The van der Waals surface area contributed by atoms with Gasteiger partial charge in [-0.2, -0.15) is 0 Å². The third kappa shape index (κ3) is 12.9. The Morgan fingerprint density at radius 3 is 1.64 bits per heavy atom. The highest BCUT2D eigenvalue weighted by molar-refractivity contribution is 8.00. The summed E-state index contributed by atoms with van der Waals surface area (Å²) in [6.07, 6.45) is 0.497. The molecular formula is C54H49Cl3F6O14S3. The van der Waals surface area contributed by atoms with Gasteiger partial charge in [0.25, 0.3) is 0 Å². The summed E-state index contributed by atoms with van der Waals surface area (Å²) in [4.78, 5) is -0.481. The SMILES string of the molecule is O=S(=O)(C1=CCOc2c(F)ccc(F)c21)c1ccc(Cl)cc1.O=S(=O)(c1ccc(Cl)cc1)C1c2c(F)ccc(F)c2OCC1OCCCO.O=S(=O)(c1ccc(Cl)cc1)[C@@]12CCCO[C@@H]1COc1c(F)ccc(F)c12.OCCCO. The molecule has 4 heterocycles. The smallest absolute Gasteiger partial charge is 0.207 e. The number of aliphatic hydroxyl groups is 3. The summed E-state index contributed by atoms with van der Waals surface area (Å²) in [7, 11) is -12.3. The number of ether oxygens (including phenoxy) is 5. The van der Waals surface area contributed by atoms with Crippen LogP contribution < -0.4 is 14.2 Å². The zero-order chi connectivity index (χ0) is 58.2. The van der Waals surface area contributed by atoms with Crippen LogP contribution in [0.1, 0.15) is 47.6 Å². The van der Waals surface area contributed by atoms with E-state index in [1.807, 2.05) is 0 Å². The molecule has 3 N–H and O–H groups in total. The van der Waals surface area contributed by atoms with Gasteiger partial charge in [0.05, 0.1) is 36.3 Å². The zero-order valence-electron chi connectivity index (χ0n) is 41.6. The second-order valence-corrected chi connectivity index (χ2v) is 25.2. The van der Waals surface area contributed by atoms with Crippen LogP contribution in [-0.4, -0.2) is 106 Å². The van der Waals surface area contributed by atoms with Crippen molar-refractivity contribution in [3.05, 3.63) is 182 Å². The van der Waals surface area contributed by atoms with E-state index in [2.05, 4.69) is 0 Å². The number of fused-ring (bicyclic) bond motifs is 5. The maximum atomic E-state index is 14.8. The van der Waals surface area contributed by atoms with E-state index in [4.69, 9.17) is 73.8 Å². The normalized spacial score (nSPS) is 19.1. The number of halogens is 9. The number of aliphatic hydroxyl groups excluding tert-OH is 3. The molecule has 26 heteroatoms. The van der Waals surface area contributed by atoms with Gasteiger partial charge in [0, 0.05) is 48.1 Å². The van der Waals surface area contributed by atoms with Crippen LogP contribution in [0.2, 0.25) is 15.1 Å². The molecule has 0 bridgehead atoms. The Kier molecular flexibility index (Phi) is 20.7. The molecule has 6 aromatic rings. The Balaban J connectivity index is 0.000000167. The van der Waals surface area contributed by atoms with Crippen molar-refractivity contribution in [3.8, 4) is 17.2 Å². The minimum atomic E-state index is -4.15. The summed E-state index contributed by atoms with van der Waals surface area (Å²) in [5.74, 6) is -6.22. The molecule has 430 valence electrons. The first-order valence-corrected chi connectivity index (χ1v) is 29.8. The minimum absolute atomic E-state index is 0.0195. The first kappa shape index (κ1) is 62.2. The van der Waals surface area contributed by atoms with Crippen LogP contribution in [0.3, 0.4) is 0 Å². The molecule has 0 amide bonds. The van der Waals surface area contributed by atoms with Crippen LogP contribution in [0.5, 0.6) is 17.2 Å². The average Bonchev–Trinajstić information content (AvgIpc) is 3.65. The van der Waals surface area contributed by atoms with Crippen molar-refractivity contribution in [3.63, 3.8) is 0 Å². The number of sulfone groups is 3. The summed E-state index contributed by atoms with van der Waals surface area (Å²) in [6.45, 7) is -0.178. The van der Waals surface area contributed by atoms with Gasteiger partial charge in [-0.15, -0.1) is 0 Å². The molecule has 4 aliphatic heterocycles. The molecule has 0 radical (unpaired) electrons. The van der Waals surface area contributed by atoms with E-state index >= 15 is 0 Å². The maximum absolute atomic E-state index is 14.8. The Morgan fingerprint density at radius 1 is 0.562 bits per heavy atom. The van der Waals surface area contributed by atoms with E-state index in [1.54, 1.807) is 0 Å². The predicted molar refractivity (Wildman–Crippen MR) is 283 cm³/mol. The second kappa shape index (κ2) is 26.6. The monoisotopic (exact) mass is 1240 g/mol. The van der Waals surface area contributed by atoms with Gasteiger partial charge in [-0.3, -0.25) is 0 Å². The lowest BCUT2D eigenvalue weighted by molar-refractivity contribution is -0.0534. The third-order valence-electron chi connectivity index (χ3n) is 12.7. The van der Waals surface area contributed by atoms with Crippen LogP contribution in [0.25, 0.3) is 4.91 Å². The topological polar surface area (TPSA) is 209 Å². The minimum Gasteiger partial charge on any atom is -0.487 e. The van der Waals surface area contributed by atoms with Gasteiger partial charge in [-0.25, -0.2) is 51.6 Å². The molecule has 14 nitrogen and oxygen atoms in total. The number of benzene rings is 6. The van der Waals surface area contributed by atoms with E-state index in [-0.39, 0.29) is 95.6 Å². The highest BCUT2D eigenvalue weighted by Crippen LogP contribution is 2.53. The van der Waals surface area contributed by atoms with Crippen molar-refractivity contribution in [1.29, 1.82) is 0 Å². The summed E-state index contributed by atoms with van der Waals surface area (Å²) < 4.78 is 190. The van der Waals surface area contributed by atoms with Crippen molar-refractivity contribution in [2.75, 3.05) is 52.9 Å². The molecule has 1 fully saturated rings. The fourth-order valence-electron chi connectivity index (χ4n) is 9.04. The molecule has 80 heavy (non-hydrogen) atoms. The van der Waals surface area contributed by atoms with Gasteiger partial charge in [0.1, 0.15) is 59.5 Å². The van der Waals surface area contributed by atoms with Gasteiger partial charge in [0.15, 0.2) is 54.4 Å². The molecule has 4 atom stereocenters. The van der Waals surface area contributed by atoms with Crippen LogP contribution in [0.15, 0.2) is 130 Å². The molecule has 6 aromatic carbocycles. The van der Waals surface area contributed by atoms with E-state index in [0.717, 1.165) is 36.4 Å². The Bertz CT molecular complexity index is 3550. The summed E-state index contributed by atoms with van der Waals surface area (Å²) >= 11 is 17.4. The lowest BCUT2D eigenvalue weighted by Crippen LogP contribution is -2.56. The van der Waals surface area contributed by atoms with E-state index in [1.165, 1.54) is 78.9 Å². The van der Waals surface area contributed by atoms with Crippen LogP contribution in [0.4, 0.5) is 26.3 Å². The highest BCUT2D eigenvalue weighted by atomic mass is 35.5. The van der Waals surface area contributed by atoms with E-state index in [9.17, 15) is 51.6 Å². The molecule has 2 unspecified atom stereocenters. The molecule has 10 rings (SSSR count). The number of hydrogen-bond acceptors (Lipinski definition) is 14. The summed E-state index contributed by atoms with van der Waals surface area (Å²) in [6, 6.07) is 21.8. The Labute approximate surface area is 471 Å². The van der Waals surface area contributed by atoms with Crippen molar-refractivity contribution < 1.29 is 90.6 Å². The highest BCUT2D eigenvalue weighted by Gasteiger charge is 2.59. The lowest BCUT2D eigenvalue weighted by Gasteiger charge is -2.46. The van der Waals surface area contributed by atoms with Gasteiger partial charge in [-0.05, 0) is 141 Å². The van der Waals surface area contributed by atoms with E-state index < -0.39 is 104 Å². The molecule has 1 saturated heterocycles. The lowest BCUT2D eigenvalue weighted by atomic mass is 9.83. The molecular weight excluding hydrogens is 1190 g/mol. The fourth-order valence-corrected chi connectivity index (χ4v) is 15.1. The number of hydrogen-bond donors (Lipinski definition) is 3. The van der Waals surface area contributed by atoms with Gasteiger partial charge in [0.2, 0.25) is 9.84 Å². The van der Waals surface area contributed by atoms with Crippen molar-refractivity contribution in [2.45, 2.75) is 62.6 Å². The molecule has 0 saturated carbocycles. The van der Waals surface area contributed by atoms with Gasteiger partial charge >= 0.3 is 0 Å². The molecule has 0 aromatic heterocycles. The average molecular weight is 1240 g/mol. The summed E-state index contributed by atoms with van der Waals surface area (Å²) in [5, 5.41) is 24.3. The third-order valence-corrected chi connectivity index (χ3v) is 20.0. The molecule has 0 spiro atoms. The standard InChI is InChI=1S/C18H17ClF2O5S.C18H15ClF2O4S.C15H9ClF2O3S.C3H8O2/c19-11-2-4-12(5-3-11)27(23,24)18-15(25-9-1-8-22)10-26-17-14(21)7-6-13(20)16(17)18;19-11-2-4-12(5-3-11)26(22,23)18-8-1-9-24-15(18)10-25-17-14(21)7-6-13(20)16(17)18;16-9-1-3-10(4-2-9)22(19,20)13-7-8-21-15-12(18)6-5-11(17)14(13)15;4-2-1-3-5/h2-7,15,18,22H,1,8-10H2;2-7,15H,1,8-10H2;1-7H,8H2;4-5H,1-3H2/t;15-,18+;;/m.1../s1. The molecule has 0 aliphatic carbocycles. The van der Waals surface area contributed by atoms with Gasteiger partial charge in [-0.1, -0.05) is 34.8 Å². The first-order valence-electron chi connectivity index (χ1n) is 24.2.